The first kappa shape index (κ1) is 13.6. The van der Waals surface area contributed by atoms with E-state index in [0.717, 1.165) is 18.2 Å². The number of carboxylic acid groups (broad SMARTS) is 1. The van der Waals surface area contributed by atoms with Crippen LogP contribution in [0.15, 0.2) is 22.6 Å². The van der Waals surface area contributed by atoms with Crippen LogP contribution in [0.25, 0.3) is 11.5 Å². The first-order valence-electron chi connectivity index (χ1n) is 5.45. The predicted octanol–water partition coefficient (Wildman–Crippen LogP) is 1.80. The van der Waals surface area contributed by atoms with Crippen LogP contribution in [0.4, 0.5) is 10.1 Å². The molecule has 20 heavy (non-hydrogen) atoms. The standard InChI is InChI=1S/C11H8FN3O5/c12-7-3-6(4-8(5-7)15(18)19)11-14-13-9(20-11)1-2-10(16)17/h3-5H,1-2H2,(H,16,17). The molecule has 9 heteroatoms. The third-order valence-corrected chi connectivity index (χ3v) is 2.36. The van der Waals surface area contributed by atoms with Gasteiger partial charge in [-0.3, -0.25) is 14.9 Å². The Morgan fingerprint density at radius 2 is 2.15 bits per heavy atom. The zero-order chi connectivity index (χ0) is 14.7. The van der Waals surface area contributed by atoms with Gasteiger partial charge >= 0.3 is 5.97 Å². The second-order valence-corrected chi connectivity index (χ2v) is 3.85. The minimum Gasteiger partial charge on any atom is -0.481 e. The van der Waals surface area contributed by atoms with Crippen LogP contribution in [-0.4, -0.2) is 26.2 Å². The molecule has 0 unspecified atom stereocenters. The normalized spacial score (nSPS) is 10.4. The first-order valence-corrected chi connectivity index (χ1v) is 5.45. The average Bonchev–Trinajstić information content (AvgIpc) is 2.84. The predicted molar refractivity (Wildman–Crippen MR) is 62.3 cm³/mol. The minimum absolute atomic E-state index is 0.0275. The Morgan fingerprint density at radius 3 is 2.80 bits per heavy atom. The van der Waals surface area contributed by atoms with Gasteiger partial charge < -0.3 is 9.52 Å². The van der Waals surface area contributed by atoms with Crippen LogP contribution in [0.1, 0.15) is 12.3 Å². The summed E-state index contributed by atoms with van der Waals surface area (Å²) in [6.07, 6.45) is -0.162. The molecule has 2 rings (SSSR count). The second-order valence-electron chi connectivity index (χ2n) is 3.85. The van der Waals surface area contributed by atoms with E-state index in [1.54, 1.807) is 0 Å². The van der Waals surface area contributed by atoms with Crippen LogP contribution < -0.4 is 0 Å². The summed E-state index contributed by atoms with van der Waals surface area (Å²) >= 11 is 0. The maximum absolute atomic E-state index is 13.3. The van der Waals surface area contributed by atoms with Crippen molar-refractivity contribution >= 4 is 11.7 Å². The fourth-order valence-corrected chi connectivity index (χ4v) is 1.49. The van der Waals surface area contributed by atoms with Gasteiger partial charge in [-0.15, -0.1) is 10.2 Å². The van der Waals surface area contributed by atoms with Crippen molar-refractivity contribution in [3.05, 3.63) is 40.0 Å². The fraction of sp³-hybridized carbons (Fsp3) is 0.182. The number of carbonyl (C=O) groups is 1. The largest absolute Gasteiger partial charge is 0.481 e. The maximum atomic E-state index is 13.3. The van der Waals surface area contributed by atoms with Gasteiger partial charge in [0.1, 0.15) is 5.82 Å². The highest BCUT2D eigenvalue weighted by atomic mass is 19.1. The van der Waals surface area contributed by atoms with Gasteiger partial charge in [-0.2, -0.15) is 0 Å². The molecule has 0 amide bonds. The number of carboxylic acids is 1. The zero-order valence-electron chi connectivity index (χ0n) is 9.95. The van der Waals surface area contributed by atoms with Gasteiger partial charge in [-0.05, 0) is 6.07 Å². The highest BCUT2D eigenvalue weighted by Crippen LogP contribution is 2.24. The Balaban J connectivity index is 2.27. The lowest BCUT2D eigenvalue weighted by molar-refractivity contribution is -0.385. The van der Waals surface area contributed by atoms with Crippen LogP contribution in [-0.2, 0) is 11.2 Å². The summed E-state index contributed by atoms with van der Waals surface area (Å²) < 4.78 is 18.4. The minimum atomic E-state index is -1.02. The number of aliphatic carboxylic acids is 1. The number of aryl methyl sites for hydroxylation is 1. The summed E-state index contributed by atoms with van der Waals surface area (Å²) in [6, 6.07) is 2.88. The van der Waals surface area contributed by atoms with E-state index < -0.39 is 22.4 Å². The van der Waals surface area contributed by atoms with Gasteiger partial charge in [0.15, 0.2) is 0 Å². The van der Waals surface area contributed by atoms with Gasteiger partial charge in [0.05, 0.1) is 17.4 Å². The highest BCUT2D eigenvalue weighted by molar-refractivity contribution is 5.66. The monoisotopic (exact) mass is 281 g/mol. The molecule has 0 aliphatic heterocycles. The second kappa shape index (κ2) is 5.43. The molecule has 1 N–H and O–H groups in total. The smallest absolute Gasteiger partial charge is 0.303 e. The molecule has 0 saturated heterocycles. The van der Waals surface area contributed by atoms with Crippen molar-refractivity contribution in [3.63, 3.8) is 0 Å². The van der Waals surface area contributed by atoms with E-state index >= 15 is 0 Å². The number of benzene rings is 1. The molecule has 0 aliphatic carbocycles. The summed E-state index contributed by atoms with van der Waals surface area (Å²) in [5.41, 5.74) is -0.379. The van der Waals surface area contributed by atoms with Gasteiger partial charge in [0.25, 0.3) is 5.69 Å². The number of non-ortho nitro benzene ring substituents is 1. The topological polar surface area (TPSA) is 119 Å². The molecule has 1 aromatic carbocycles. The van der Waals surface area contributed by atoms with Crippen molar-refractivity contribution in [3.8, 4) is 11.5 Å². The molecule has 0 atom stereocenters. The third kappa shape index (κ3) is 3.13. The van der Waals surface area contributed by atoms with Crippen LogP contribution in [0.5, 0.6) is 0 Å². The molecule has 0 bridgehead atoms. The van der Waals surface area contributed by atoms with Crippen LogP contribution in [0.2, 0.25) is 0 Å². The van der Waals surface area contributed by atoms with E-state index in [9.17, 15) is 19.3 Å². The first-order chi connectivity index (χ1) is 9.45. The third-order valence-electron chi connectivity index (χ3n) is 2.36. The van der Waals surface area contributed by atoms with E-state index in [4.69, 9.17) is 9.52 Å². The molecule has 0 radical (unpaired) electrons. The summed E-state index contributed by atoms with van der Waals surface area (Å²) in [5, 5.41) is 26.3. The number of nitro benzene ring substituents is 1. The summed E-state index contributed by atoms with van der Waals surface area (Å²) in [6.45, 7) is 0. The lowest BCUT2D eigenvalue weighted by Crippen LogP contribution is -1.97. The lowest BCUT2D eigenvalue weighted by atomic mass is 10.2. The van der Waals surface area contributed by atoms with Crippen molar-refractivity contribution in [2.45, 2.75) is 12.8 Å². The van der Waals surface area contributed by atoms with Crippen LogP contribution >= 0.6 is 0 Å². The van der Waals surface area contributed by atoms with Gasteiger partial charge in [0.2, 0.25) is 11.8 Å². The Labute approximate surface area is 111 Å². The number of aromatic nitrogens is 2. The number of rotatable bonds is 5. The fourth-order valence-electron chi connectivity index (χ4n) is 1.49. The molecule has 1 aromatic heterocycles. The van der Waals surface area contributed by atoms with Crippen LogP contribution in [0, 0.1) is 15.9 Å². The van der Waals surface area contributed by atoms with Crippen molar-refractivity contribution in [1.82, 2.24) is 10.2 Å². The molecule has 104 valence electrons. The molecular formula is C11H8FN3O5. The summed E-state index contributed by atoms with van der Waals surface area (Å²) in [7, 11) is 0. The SMILES string of the molecule is O=C(O)CCc1nnc(-c2cc(F)cc([N+](=O)[O-])c2)o1. The molecule has 0 saturated carbocycles. The number of hydrogen-bond donors (Lipinski definition) is 1. The average molecular weight is 281 g/mol. The van der Waals surface area contributed by atoms with Crippen molar-refractivity contribution in [2.24, 2.45) is 0 Å². The van der Waals surface area contributed by atoms with E-state index in [1.165, 1.54) is 0 Å². The molecule has 8 nitrogen and oxygen atoms in total. The number of hydrogen-bond acceptors (Lipinski definition) is 6. The number of halogens is 1. The number of nitrogens with zero attached hydrogens (tertiary/aromatic N) is 3. The van der Waals surface area contributed by atoms with E-state index in [2.05, 4.69) is 10.2 Å². The molecule has 0 aliphatic rings. The molecule has 0 spiro atoms. The zero-order valence-corrected chi connectivity index (χ0v) is 9.95. The summed E-state index contributed by atoms with van der Waals surface area (Å²) in [4.78, 5) is 20.3. The van der Waals surface area contributed by atoms with Crippen molar-refractivity contribution in [1.29, 1.82) is 0 Å². The summed E-state index contributed by atoms with van der Waals surface area (Å²) in [5.74, 6) is -1.87. The molecule has 2 aromatic rings. The quantitative estimate of drug-likeness (QED) is 0.655. The maximum Gasteiger partial charge on any atom is 0.303 e. The Bertz CT molecular complexity index is 670. The van der Waals surface area contributed by atoms with Gasteiger partial charge in [-0.1, -0.05) is 0 Å². The molecular weight excluding hydrogens is 273 g/mol. The van der Waals surface area contributed by atoms with Gasteiger partial charge in [-0.25, -0.2) is 4.39 Å². The molecule has 0 fully saturated rings. The molecule has 1 heterocycles. The van der Waals surface area contributed by atoms with Crippen LogP contribution in [0.3, 0.4) is 0 Å². The Kier molecular flexibility index (Phi) is 3.69. The van der Waals surface area contributed by atoms with E-state index in [0.29, 0.717) is 0 Å². The Morgan fingerprint density at radius 1 is 1.40 bits per heavy atom. The van der Waals surface area contributed by atoms with E-state index in [1.807, 2.05) is 0 Å². The Hall–Kier alpha value is -2.84. The van der Waals surface area contributed by atoms with Crippen molar-refractivity contribution < 1.29 is 23.6 Å². The van der Waals surface area contributed by atoms with Gasteiger partial charge in [0, 0.05) is 18.1 Å². The lowest BCUT2D eigenvalue weighted by Gasteiger charge is -1.96. The van der Waals surface area contributed by atoms with Crippen molar-refractivity contribution in [2.75, 3.05) is 0 Å². The number of nitro groups is 1. The van der Waals surface area contributed by atoms with E-state index in [-0.39, 0.29) is 30.2 Å². The highest BCUT2D eigenvalue weighted by Gasteiger charge is 2.15.